The largest absolute Gasteiger partial charge is 0.469 e. The highest BCUT2D eigenvalue weighted by molar-refractivity contribution is 9.10. The van der Waals surface area contributed by atoms with Crippen molar-refractivity contribution in [2.24, 2.45) is 5.92 Å². The summed E-state index contributed by atoms with van der Waals surface area (Å²) in [4.78, 5) is 24.3. The van der Waals surface area contributed by atoms with Gasteiger partial charge in [-0.2, -0.15) is 0 Å². The van der Waals surface area contributed by atoms with E-state index in [4.69, 9.17) is 0 Å². The first-order chi connectivity index (χ1) is 8.93. The smallest absolute Gasteiger partial charge is 0.311 e. The summed E-state index contributed by atoms with van der Waals surface area (Å²) in [6.07, 6.45) is -0.0406. The molecule has 1 unspecified atom stereocenters. The SMILES string of the molecule is COC(=O)C1CC(=O)N(c2cc(Br)c(F)cc2F)C1. The standard InChI is InChI=1S/C12H10BrF2NO3/c1-19-12(18)6-2-11(17)16(5-6)10-3-7(13)8(14)4-9(10)15/h3-4,6H,2,5H2,1H3. The summed E-state index contributed by atoms with van der Waals surface area (Å²) in [5.74, 6) is -3.14. The Bertz CT molecular complexity index is 550. The van der Waals surface area contributed by atoms with Crippen LogP contribution in [-0.2, 0) is 14.3 Å². The maximum Gasteiger partial charge on any atom is 0.311 e. The van der Waals surface area contributed by atoms with Crippen LogP contribution in [-0.4, -0.2) is 25.5 Å². The van der Waals surface area contributed by atoms with E-state index in [-0.39, 0.29) is 23.1 Å². The Kier molecular flexibility index (Phi) is 3.84. The van der Waals surface area contributed by atoms with E-state index >= 15 is 0 Å². The van der Waals surface area contributed by atoms with E-state index in [0.717, 1.165) is 4.90 Å². The van der Waals surface area contributed by atoms with Crippen LogP contribution in [0.3, 0.4) is 0 Å². The lowest BCUT2D eigenvalue weighted by molar-refractivity contribution is -0.145. The van der Waals surface area contributed by atoms with Crippen molar-refractivity contribution >= 4 is 33.5 Å². The number of benzene rings is 1. The Morgan fingerprint density at radius 1 is 1.42 bits per heavy atom. The maximum absolute atomic E-state index is 13.7. The van der Waals surface area contributed by atoms with Crippen molar-refractivity contribution in [2.45, 2.75) is 6.42 Å². The monoisotopic (exact) mass is 333 g/mol. The van der Waals surface area contributed by atoms with Crippen LogP contribution in [0, 0.1) is 17.6 Å². The van der Waals surface area contributed by atoms with Crippen LogP contribution in [0.5, 0.6) is 0 Å². The first-order valence-corrected chi connectivity index (χ1v) is 6.26. The Hall–Kier alpha value is -1.50. The van der Waals surface area contributed by atoms with Crippen molar-refractivity contribution in [3.63, 3.8) is 0 Å². The Morgan fingerprint density at radius 2 is 2.11 bits per heavy atom. The number of esters is 1. The van der Waals surface area contributed by atoms with Crippen LogP contribution in [0.4, 0.5) is 14.5 Å². The summed E-state index contributed by atoms with van der Waals surface area (Å²) < 4.78 is 31.4. The first-order valence-electron chi connectivity index (χ1n) is 5.46. The van der Waals surface area contributed by atoms with Gasteiger partial charge in [-0.25, -0.2) is 8.78 Å². The predicted octanol–water partition coefficient (Wildman–Crippen LogP) is 2.25. The normalized spacial score (nSPS) is 18.8. The van der Waals surface area contributed by atoms with Gasteiger partial charge in [0.1, 0.15) is 11.6 Å². The number of halogens is 3. The van der Waals surface area contributed by atoms with Crippen molar-refractivity contribution in [1.82, 2.24) is 0 Å². The second-order valence-electron chi connectivity index (χ2n) is 4.15. The Balaban J connectivity index is 2.30. The molecule has 1 heterocycles. The van der Waals surface area contributed by atoms with Gasteiger partial charge in [0, 0.05) is 19.0 Å². The zero-order valence-electron chi connectivity index (χ0n) is 9.95. The fourth-order valence-corrected chi connectivity index (χ4v) is 2.32. The van der Waals surface area contributed by atoms with Gasteiger partial charge in [-0.15, -0.1) is 0 Å². The molecule has 1 amide bonds. The van der Waals surface area contributed by atoms with Crippen molar-refractivity contribution in [2.75, 3.05) is 18.6 Å². The number of anilines is 1. The number of amides is 1. The summed E-state index contributed by atoms with van der Waals surface area (Å²) >= 11 is 2.93. The molecule has 1 atom stereocenters. The number of nitrogens with zero attached hydrogens (tertiary/aromatic N) is 1. The number of ether oxygens (including phenoxy) is 1. The summed E-state index contributed by atoms with van der Waals surface area (Å²) in [6, 6.07) is 1.88. The zero-order chi connectivity index (χ0) is 14.2. The summed E-state index contributed by atoms with van der Waals surface area (Å²) in [5, 5.41) is 0. The minimum absolute atomic E-state index is 0.0283. The second kappa shape index (κ2) is 5.24. The van der Waals surface area contributed by atoms with E-state index in [1.807, 2.05) is 0 Å². The molecule has 102 valence electrons. The van der Waals surface area contributed by atoms with Gasteiger partial charge in [0.2, 0.25) is 5.91 Å². The quantitative estimate of drug-likeness (QED) is 0.616. The predicted molar refractivity (Wildman–Crippen MR) is 66.5 cm³/mol. The molecule has 7 heteroatoms. The molecule has 0 aromatic heterocycles. The lowest BCUT2D eigenvalue weighted by Gasteiger charge is -2.17. The molecule has 0 spiro atoms. The van der Waals surface area contributed by atoms with Gasteiger partial charge in [0.25, 0.3) is 0 Å². The number of carbonyl (C=O) groups excluding carboxylic acids is 2. The van der Waals surface area contributed by atoms with Gasteiger partial charge in [0.15, 0.2) is 0 Å². The van der Waals surface area contributed by atoms with Crippen molar-refractivity contribution in [3.05, 3.63) is 28.2 Å². The van der Waals surface area contributed by atoms with Gasteiger partial charge < -0.3 is 9.64 Å². The second-order valence-corrected chi connectivity index (χ2v) is 5.00. The minimum Gasteiger partial charge on any atom is -0.469 e. The van der Waals surface area contributed by atoms with Crippen molar-refractivity contribution in [3.8, 4) is 0 Å². The molecule has 0 N–H and O–H groups in total. The van der Waals surface area contributed by atoms with E-state index in [1.54, 1.807) is 0 Å². The molecule has 1 saturated heterocycles. The zero-order valence-corrected chi connectivity index (χ0v) is 11.5. The molecular formula is C12H10BrF2NO3. The molecule has 0 radical (unpaired) electrons. The first kappa shape index (κ1) is 13.9. The summed E-state index contributed by atoms with van der Waals surface area (Å²) in [7, 11) is 1.23. The fraction of sp³-hybridized carbons (Fsp3) is 0.333. The Labute approximate surface area is 116 Å². The molecule has 0 bridgehead atoms. The molecule has 1 aromatic rings. The van der Waals surface area contributed by atoms with E-state index in [2.05, 4.69) is 20.7 Å². The van der Waals surface area contributed by atoms with E-state index in [1.165, 1.54) is 13.2 Å². The van der Waals surface area contributed by atoms with Gasteiger partial charge in [-0.3, -0.25) is 9.59 Å². The molecule has 19 heavy (non-hydrogen) atoms. The Morgan fingerprint density at radius 3 is 2.74 bits per heavy atom. The fourth-order valence-electron chi connectivity index (χ4n) is 1.98. The lowest BCUT2D eigenvalue weighted by atomic mass is 10.1. The molecule has 2 rings (SSSR count). The van der Waals surface area contributed by atoms with Crippen LogP contribution in [0.15, 0.2) is 16.6 Å². The third-order valence-electron chi connectivity index (χ3n) is 2.94. The maximum atomic E-state index is 13.7. The molecular weight excluding hydrogens is 324 g/mol. The minimum atomic E-state index is -0.848. The van der Waals surface area contributed by atoms with Crippen LogP contribution in [0.25, 0.3) is 0 Å². The number of carbonyl (C=O) groups is 2. The van der Waals surface area contributed by atoms with E-state index in [9.17, 15) is 18.4 Å². The lowest BCUT2D eigenvalue weighted by Crippen LogP contribution is -2.27. The van der Waals surface area contributed by atoms with E-state index < -0.39 is 29.4 Å². The van der Waals surface area contributed by atoms with Gasteiger partial charge in [0.05, 0.1) is 23.2 Å². The summed E-state index contributed by atoms with van der Waals surface area (Å²) in [5.41, 5.74) is -0.0512. The van der Waals surface area contributed by atoms with Crippen molar-refractivity contribution in [1.29, 1.82) is 0 Å². The molecule has 1 aliphatic heterocycles. The van der Waals surface area contributed by atoms with Gasteiger partial charge in [-0.05, 0) is 22.0 Å². The molecule has 4 nitrogen and oxygen atoms in total. The van der Waals surface area contributed by atoms with Gasteiger partial charge in [-0.1, -0.05) is 0 Å². The third-order valence-corrected chi connectivity index (χ3v) is 3.55. The highest BCUT2D eigenvalue weighted by Gasteiger charge is 2.37. The molecule has 1 aliphatic rings. The van der Waals surface area contributed by atoms with E-state index in [0.29, 0.717) is 6.07 Å². The average Bonchev–Trinajstić information content (AvgIpc) is 2.75. The number of hydrogen-bond donors (Lipinski definition) is 0. The highest BCUT2D eigenvalue weighted by Crippen LogP contribution is 2.31. The number of rotatable bonds is 2. The third kappa shape index (κ3) is 2.60. The average molecular weight is 334 g/mol. The van der Waals surface area contributed by atoms with Crippen molar-refractivity contribution < 1.29 is 23.1 Å². The van der Waals surface area contributed by atoms with Crippen LogP contribution < -0.4 is 4.90 Å². The molecule has 1 fully saturated rings. The van der Waals surface area contributed by atoms with Crippen LogP contribution >= 0.6 is 15.9 Å². The molecule has 1 aromatic carbocycles. The number of hydrogen-bond acceptors (Lipinski definition) is 3. The van der Waals surface area contributed by atoms with Crippen LogP contribution in [0.2, 0.25) is 0 Å². The van der Waals surface area contributed by atoms with Gasteiger partial charge >= 0.3 is 5.97 Å². The van der Waals surface area contributed by atoms with Crippen LogP contribution in [0.1, 0.15) is 6.42 Å². The topological polar surface area (TPSA) is 46.6 Å². The molecule has 0 saturated carbocycles. The number of methoxy groups -OCH3 is 1. The molecule has 0 aliphatic carbocycles. The summed E-state index contributed by atoms with van der Waals surface area (Å²) in [6.45, 7) is 0.0283. The highest BCUT2D eigenvalue weighted by atomic mass is 79.9.